The molecule has 154 valence electrons. The summed E-state index contributed by atoms with van der Waals surface area (Å²) in [6, 6.07) is 15.8. The summed E-state index contributed by atoms with van der Waals surface area (Å²) in [6.45, 7) is 2.17. The first-order valence-electron chi connectivity index (χ1n) is 10.2. The van der Waals surface area contributed by atoms with E-state index in [0.717, 1.165) is 48.3 Å². The second-order valence-electron chi connectivity index (χ2n) is 7.24. The molecule has 0 atom stereocenters. The molecule has 1 fully saturated rings. The monoisotopic (exact) mass is 394 g/mol. The lowest BCUT2D eigenvalue weighted by Gasteiger charge is -2.15. The normalized spacial score (nSPS) is 13.7. The Labute approximate surface area is 172 Å². The molecular weight excluding hydrogens is 364 g/mol. The molecule has 0 unspecified atom stereocenters. The summed E-state index contributed by atoms with van der Waals surface area (Å²) in [4.78, 5) is 16.1. The molecule has 0 aliphatic heterocycles. The third kappa shape index (κ3) is 6.52. The van der Waals surface area contributed by atoms with Crippen molar-refractivity contribution in [1.82, 2.24) is 16.0 Å². The molecule has 0 heterocycles. The van der Waals surface area contributed by atoms with Crippen molar-refractivity contribution >= 4 is 11.9 Å². The number of carbonyl (C=O) groups excluding carboxylic acids is 1. The van der Waals surface area contributed by atoms with Crippen LogP contribution in [-0.4, -0.2) is 39.1 Å². The highest BCUT2D eigenvalue weighted by molar-refractivity contribution is 5.94. The molecule has 2 aromatic carbocycles. The second-order valence-corrected chi connectivity index (χ2v) is 7.24. The molecule has 0 saturated heterocycles. The van der Waals surface area contributed by atoms with Crippen LogP contribution in [0.3, 0.4) is 0 Å². The number of carbonyl (C=O) groups is 1. The Morgan fingerprint density at radius 3 is 2.72 bits per heavy atom. The summed E-state index contributed by atoms with van der Waals surface area (Å²) in [5.41, 5.74) is 2.90. The van der Waals surface area contributed by atoms with Gasteiger partial charge in [0.1, 0.15) is 5.75 Å². The average Bonchev–Trinajstić information content (AvgIpc) is 3.59. The van der Waals surface area contributed by atoms with Crippen molar-refractivity contribution in [1.29, 1.82) is 0 Å². The van der Waals surface area contributed by atoms with Crippen molar-refractivity contribution in [2.45, 2.75) is 25.8 Å². The molecule has 0 spiro atoms. The fourth-order valence-electron chi connectivity index (χ4n) is 3.02. The number of rotatable bonds is 9. The largest absolute Gasteiger partial charge is 0.493 e. The van der Waals surface area contributed by atoms with Crippen molar-refractivity contribution in [3.05, 3.63) is 65.2 Å². The lowest BCUT2D eigenvalue weighted by atomic mass is 10.1. The zero-order valence-corrected chi connectivity index (χ0v) is 17.2. The number of benzene rings is 2. The van der Waals surface area contributed by atoms with Crippen LogP contribution in [0.25, 0.3) is 0 Å². The van der Waals surface area contributed by atoms with Crippen LogP contribution in [-0.2, 0) is 13.0 Å². The Morgan fingerprint density at radius 1 is 1.14 bits per heavy atom. The van der Waals surface area contributed by atoms with E-state index >= 15 is 0 Å². The van der Waals surface area contributed by atoms with Crippen molar-refractivity contribution in [2.24, 2.45) is 10.9 Å². The Balaban J connectivity index is 1.47. The van der Waals surface area contributed by atoms with Gasteiger partial charge in [0.2, 0.25) is 0 Å². The van der Waals surface area contributed by atoms with Gasteiger partial charge in [0.15, 0.2) is 5.96 Å². The minimum absolute atomic E-state index is 0.0696. The Bertz CT molecular complexity index is 846. The number of hydrogen-bond donors (Lipinski definition) is 3. The number of ether oxygens (including phenoxy) is 1. The number of aliphatic imine (C=N–C) groups is 1. The minimum Gasteiger partial charge on any atom is -0.493 e. The lowest BCUT2D eigenvalue weighted by Crippen LogP contribution is -2.38. The van der Waals surface area contributed by atoms with Crippen molar-refractivity contribution in [2.75, 3.05) is 27.2 Å². The quantitative estimate of drug-likeness (QED) is 0.452. The van der Waals surface area contributed by atoms with Gasteiger partial charge in [0.25, 0.3) is 5.91 Å². The molecule has 1 aliphatic rings. The lowest BCUT2D eigenvalue weighted by molar-refractivity contribution is 0.0963. The molecule has 2 aromatic rings. The number of amides is 1. The molecule has 3 N–H and O–H groups in total. The van der Waals surface area contributed by atoms with E-state index in [1.54, 1.807) is 14.1 Å². The van der Waals surface area contributed by atoms with Gasteiger partial charge in [-0.3, -0.25) is 9.79 Å². The molecule has 0 aromatic heterocycles. The van der Waals surface area contributed by atoms with Crippen LogP contribution >= 0.6 is 0 Å². The number of nitrogens with zero attached hydrogens (tertiary/aromatic N) is 1. The van der Waals surface area contributed by atoms with Crippen molar-refractivity contribution < 1.29 is 9.53 Å². The zero-order chi connectivity index (χ0) is 20.5. The maximum atomic E-state index is 11.8. The molecular formula is C23H30N4O2. The van der Waals surface area contributed by atoms with Gasteiger partial charge in [-0.05, 0) is 48.9 Å². The fourth-order valence-corrected chi connectivity index (χ4v) is 3.02. The highest BCUT2D eigenvalue weighted by Crippen LogP contribution is 2.30. The smallest absolute Gasteiger partial charge is 0.251 e. The van der Waals surface area contributed by atoms with E-state index in [1.807, 2.05) is 42.5 Å². The van der Waals surface area contributed by atoms with Gasteiger partial charge in [0.05, 0.1) is 6.61 Å². The van der Waals surface area contributed by atoms with Gasteiger partial charge in [-0.2, -0.15) is 0 Å². The highest BCUT2D eigenvalue weighted by atomic mass is 16.5. The molecule has 3 rings (SSSR count). The minimum atomic E-state index is -0.0696. The first kappa shape index (κ1) is 20.7. The summed E-state index contributed by atoms with van der Waals surface area (Å²) in [7, 11) is 3.40. The van der Waals surface area contributed by atoms with E-state index in [9.17, 15) is 4.79 Å². The molecule has 1 saturated carbocycles. The third-order valence-electron chi connectivity index (χ3n) is 4.94. The van der Waals surface area contributed by atoms with E-state index < -0.39 is 0 Å². The topological polar surface area (TPSA) is 74.8 Å². The summed E-state index contributed by atoms with van der Waals surface area (Å²) in [6.07, 6.45) is 3.36. The Kier molecular flexibility index (Phi) is 7.50. The van der Waals surface area contributed by atoms with Gasteiger partial charge in [-0.15, -0.1) is 0 Å². The van der Waals surface area contributed by atoms with E-state index in [1.165, 1.54) is 12.8 Å². The number of guanidine groups is 1. The van der Waals surface area contributed by atoms with Crippen molar-refractivity contribution in [3.8, 4) is 5.75 Å². The summed E-state index contributed by atoms with van der Waals surface area (Å²) in [5, 5.41) is 9.33. The van der Waals surface area contributed by atoms with Crippen LogP contribution in [0, 0.1) is 5.92 Å². The van der Waals surface area contributed by atoms with Crippen LogP contribution in [0.15, 0.2) is 53.5 Å². The molecule has 6 nitrogen and oxygen atoms in total. The number of para-hydroxylation sites is 1. The van der Waals surface area contributed by atoms with E-state index in [-0.39, 0.29) is 5.91 Å². The van der Waals surface area contributed by atoms with Crippen LogP contribution in [0.2, 0.25) is 0 Å². The predicted octanol–water partition coefficient (Wildman–Crippen LogP) is 2.74. The van der Waals surface area contributed by atoms with Crippen molar-refractivity contribution in [3.63, 3.8) is 0 Å². The van der Waals surface area contributed by atoms with Gasteiger partial charge in [-0.25, -0.2) is 0 Å². The van der Waals surface area contributed by atoms with Gasteiger partial charge >= 0.3 is 0 Å². The average molecular weight is 395 g/mol. The molecule has 1 amide bonds. The van der Waals surface area contributed by atoms with Gasteiger partial charge < -0.3 is 20.7 Å². The Hall–Kier alpha value is -3.02. The summed E-state index contributed by atoms with van der Waals surface area (Å²) < 4.78 is 5.97. The van der Waals surface area contributed by atoms with E-state index in [4.69, 9.17) is 4.74 Å². The number of nitrogens with one attached hydrogen (secondary N) is 3. The highest BCUT2D eigenvalue weighted by Gasteiger charge is 2.22. The first-order valence-corrected chi connectivity index (χ1v) is 10.2. The van der Waals surface area contributed by atoms with Crippen LogP contribution in [0.5, 0.6) is 5.75 Å². The maximum Gasteiger partial charge on any atom is 0.251 e. The first-order chi connectivity index (χ1) is 14.2. The third-order valence-corrected chi connectivity index (χ3v) is 4.94. The molecule has 1 aliphatic carbocycles. The standard InChI is InChI=1S/C23H30N4O2/c1-24-22(28)19-8-5-6-17(14-19)12-13-26-23(25-2)27-15-20-7-3-4-9-21(20)29-16-18-10-11-18/h3-9,14,18H,10-13,15-16H2,1-2H3,(H,24,28)(H2,25,26,27). The van der Waals surface area contributed by atoms with E-state index in [0.29, 0.717) is 12.1 Å². The number of hydrogen-bond acceptors (Lipinski definition) is 3. The SMILES string of the molecule is CN=C(NCCc1cccc(C(=O)NC)c1)NCc1ccccc1OCC1CC1. The zero-order valence-electron chi connectivity index (χ0n) is 17.2. The molecule has 0 bridgehead atoms. The van der Waals surface area contributed by atoms with Crippen LogP contribution in [0.4, 0.5) is 0 Å². The predicted molar refractivity (Wildman–Crippen MR) is 116 cm³/mol. The van der Waals surface area contributed by atoms with E-state index in [2.05, 4.69) is 27.0 Å². The summed E-state index contributed by atoms with van der Waals surface area (Å²) in [5.74, 6) is 2.34. The van der Waals surface area contributed by atoms with Crippen LogP contribution in [0.1, 0.15) is 34.3 Å². The molecule has 0 radical (unpaired) electrons. The van der Waals surface area contributed by atoms with Crippen LogP contribution < -0.4 is 20.7 Å². The Morgan fingerprint density at radius 2 is 1.97 bits per heavy atom. The fraction of sp³-hybridized carbons (Fsp3) is 0.391. The van der Waals surface area contributed by atoms with Gasteiger partial charge in [-0.1, -0.05) is 30.3 Å². The molecule has 6 heteroatoms. The maximum absolute atomic E-state index is 11.8. The molecule has 29 heavy (non-hydrogen) atoms. The second kappa shape index (κ2) is 10.5. The van der Waals surface area contributed by atoms with Gasteiger partial charge in [0, 0.05) is 38.3 Å². The summed E-state index contributed by atoms with van der Waals surface area (Å²) >= 11 is 0.